The van der Waals surface area contributed by atoms with E-state index in [4.69, 9.17) is 4.74 Å². The molecule has 2 heterocycles. The number of nitrogens with zero attached hydrogens (tertiary/aromatic N) is 1. The third-order valence-electron chi connectivity index (χ3n) is 4.62. The highest BCUT2D eigenvalue weighted by atomic mass is 16.5. The Hall–Kier alpha value is -2.20. The van der Waals surface area contributed by atoms with Crippen molar-refractivity contribution >= 4 is 5.91 Å². The zero-order valence-corrected chi connectivity index (χ0v) is 14.9. The first-order chi connectivity index (χ1) is 12.1. The topological polar surface area (TPSA) is 51.2 Å². The first-order valence-electron chi connectivity index (χ1n) is 8.98. The molecule has 0 saturated carbocycles. The van der Waals surface area contributed by atoms with Gasteiger partial charge in [-0.1, -0.05) is 26.0 Å². The van der Waals surface area contributed by atoms with Crippen molar-refractivity contribution in [3.8, 4) is 0 Å². The number of rotatable bonds is 6. The molecule has 3 rings (SSSR count). The highest BCUT2D eigenvalue weighted by Crippen LogP contribution is 2.19. The van der Waals surface area contributed by atoms with E-state index < -0.39 is 0 Å². The number of amides is 1. The molecular formula is C21H26N2O2. The summed E-state index contributed by atoms with van der Waals surface area (Å²) in [5.74, 6) is 0.891. The van der Waals surface area contributed by atoms with Crippen molar-refractivity contribution in [2.45, 2.75) is 32.7 Å². The Bertz CT molecular complexity index is 683. The molecule has 132 valence electrons. The number of hydrogen-bond donors (Lipinski definition) is 1. The molecule has 2 atom stereocenters. The normalized spacial score (nSPS) is 20.0. The number of hydrogen-bond acceptors (Lipinski definition) is 3. The molecule has 0 unspecified atom stereocenters. The summed E-state index contributed by atoms with van der Waals surface area (Å²) in [5.41, 5.74) is 3.20. The van der Waals surface area contributed by atoms with E-state index in [1.54, 1.807) is 12.4 Å². The number of benzene rings is 1. The van der Waals surface area contributed by atoms with Gasteiger partial charge in [0, 0.05) is 23.9 Å². The second-order valence-electron chi connectivity index (χ2n) is 7.23. The summed E-state index contributed by atoms with van der Waals surface area (Å²) in [5, 5.41) is 3.15. The number of nitrogens with one attached hydrogen (secondary N) is 1. The molecule has 0 spiro atoms. The van der Waals surface area contributed by atoms with E-state index in [1.807, 2.05) is 24.3 Å². The van der Waals surface area contributed by atoms with Crippen LogP contribution in [0.3, 0.4) is 0 Å². The van der Waals surface area contributed by atoms with Crippen LogP contribution in [-0.2, 0) is 17.6 Å². The SMILES string of the molecule is CC(C)Cc1ccc(C(=O)N[C@H]2COC[C@H]2Cc2ccncc2)cc1. The molecule has 1 aliphatic rings. The molecule has 2 aromatic rings. The van der Waals surface area contributed by atoms with Crippen molar-refractivity contribution in [3.05, 3.63) is 65.5 Å². The Morgan fingerprint density at radius 3 is 2.52 bits per heavy atom. The first kappa shape index (κ1) is 17.6. The molecule has 1 N–H and O–H groups in total. The maximum atomic E-state index is 12.6. The van der Waals surface area contributed by atoms with E-state index in [9.17, 15) is 4.79 Å². The predicted octanol–water partition coefficient (Wildman–Crippen LogP) is 3.27. The number of carbonyl (C=O) groups excluding carboxylic acids is 1. The Morgan fingerprint density at radius 2 is 1.84 bits per heavy atom. The fraction of sp³-hybridized carbons (Fsp3) is 0.429. The van der Waals surface area contributed by atoms with Crippen LogP contribution in [0, 0.1) is 11.8 Å². The van der Waals surface area contributed by atoms with E-state index in [2.05, 4.69) is 36.3 Å². The lowest BCUT2D eigenvalue weighted by Gasteiger charge is -2.19. The van der Waals surface area contributed by atoms with Crippen LogP contribution >= 0.6 is 0 Å². The van der Waals surface area contributed by atoms with Crippen LogP contribution in [0.15, 0.2) is 48.8 Å². The molecule has 1 fully saturated rings. The summed E-state index contributed by atoms with van der Waals surface area (Å²) in [6, 6.07) is 12.0. The van der Waals surface area contributed by atoms with Gasteiger partial charge in [-0.2, -0.15) is 0 Å². The van der Waals surface area contributed by atoms with Gasteiger partial charge in [0.1, 0.15) is 0 Å². The minimum atomic E-state index is -0.0219. The Kier molecular flexibility index (Phi) is 5.82. The summed E-state index contributed by atoms with van der Waals surface area (Å²) in [7, 11) is 0. The average Bonchev–Trinajstić information content (AvgIpc) is 3.02. The molecule has 4 nitrogen and oxygen atoms in total. The monoisotopic (exact) mass is 338 g/mol. The summed E-state index contributed by atoms with van der Waals surface area (Å²) in [6.45, 7) is 5.65. The lowest BCUT2D eigenvalue weighted by Crippen LogP contribution is -2.40. The highest BCUT2D eigenvalue weighted by molar-refractivity contribution is 5.94. The van der Waals surface area contributed by atoms with Crippen LogP contribution in [0.5, 0.6) is 0 Å². The van der Waals surface area contributed by atoms with Crippen molar-refractivity contribution in [3.63, 3.8) is 0 Å². The summed E-state index contributed by atoms with van der Waals surface area (Å²) < 4.78 is 5.61. The quantitative estimate of drug-likeness (QED) is 0.879. The molecule has 1 saturated heterocycles. The second-order valence-corrected chi connectivity index (χ2v) is 7.23. The maximum Gasteiger partial charge on any atom is 0.251 e. The van der Waals surface area contributed by atoms with Crippen molar-refractivity contribution in [1.82, 2.24) is 10.3 Å². The third kappa shape index (κ3) is 4.89. The minimum absolute atomic E-state index is 0.0219. The van der Waals surface area contributed by atoms with Gasteiger partial charge in [0.25, 0.3) is 5.91 Å². The van der Waals surface area contributed by atoms with Crippen molar-refractivity contribution in [2.75, 3.05) is 13.2 Å². The Labute approximate surface area is 149 Å². The molecule has 25 heavy (non-hydrogen) atoms. The molecule has 0 aliphatic carbocycles. The fourth-order valence-corrected chi connectivity index (χ4v) is 3.30. The van der Waals surface area contributed by atoms with Crippen LogP contribution in [0.2, 0.25) is 0 Å². The predicted molar refractivity (Wildman–Crippen MR) is 98.5 cm³/mol. The van der Waals surface area contributed by atoms with E-state index >= 15 is 0 Å². The molecule has 0 radical (unpaired) electrons. The molecule has 1 aliphatic heterocycles. The Morgan fingerprint density at radius 1 is 1.12 bits per heavy atom. The third-order valence-corrected chi connectivity index (χ3v) is 4.62. The van der Waals surface area contributed by atoms with Crippen LogP contribution in [0.25, 0.3) is 0 Å². The zero-order chi connectivity index (χ0) is 17.6. The van der Waals surface area contributed by atoms with Crippen molar-refractivity contribution in [1.29, 1.82) is 0 Å². The molecular weight excluding hydrogens is 312 g/mol. The van der Waals surface area contributed by atoms with E-state index in [0.717, 1.165) is 12.8 Å². The van der Waals surface area contributed by atoms with Crippen molar-refractivity contribution < 1.29 is 9.53 Å². The second kappa shape index (κ2) is 8.26. The van der Waals surface area contributed by atoms with Gasteiger partial charge < -0.3 is 10.1 Å². The van der Waals surface area contributed by atoms with Gasteiger partial charge >= 0.3 is 0 Å². The zero-order valence-electron chi connectivity index (χ0n) is 14.9. The van der Waals surface area contributed by atoms with Gasteiger partial charge in [0.15, 0.2) is 0 Å². The van der Waals surface area contributed by atoms with Gasteiger partial charge in [-0.3, -0.25) is 9.78 Å². The molecule has 4 heteroatoms. The summed E-state index contributed by atoms with van der Waals surface area (Å²) >= 11 is 0. The maximum absolute atomic E-state index is 12.6. The Balaban J connectivity index is 1.59. The van der Waals surface area contributed by atoms with Gasteiger partial charge in [-0.15, -0.1) is 0 Å². The highest BCUT2D eigenvalue weighted by Gasteiger charge is 2.29. The van der Waals surface area contributed by atoms with Crippen LogP contribution < -0.4 is 5.32 Å². The fourth-order valence-electron chi connectivity index (χ4n) is 3.30. The van der Waals surface area contributed by atoms with E-state index in [0.29, 0.717) is 30.6 Å². The lowest BCUT2D eigenvalue weighted by atomic mass is 9.95. The van der Waals surface area contributed by atoms with E-state index in [1.165, 1.54) is 11.1 Å². The van der Waals surface area contributed by atoms with Gasteiger partial charge in [-0.25, -0.2) is 0 Å². The number of pyridine rings is 1. The van der Waals surface area contributed by atoms with E-state index in [-0.39, 0.29) is 11.9 Å². The van der Waals surface area contributed by atoms with Crippen LogP contribution in [0.1, 0.15) is 35.3 Å². The number of carbonyl (C=O) groups is 1. The standard InChI is InChI=1S/C21H26N2O2/c1-15(2)11-16-3-5-18(6-4-16)21(24)23-20-14-25-13-19(20)12-17-7-9-22-10-8-17/h3-10,15,19-20H,11-14H2,1-2H3,(H,23,24)/t19-,20+/m1/s1. The lowest BCUT2D eigenvalue weighted by molar-refractivity contribution is 0.0925. The van der Waals surface area contributed by atoms with Gasteiger partial charge in [-0.05, 0) is 54.2 Å². The molecule has 1 aromatic heterocycles. The molecule has 1 aromatic carbocycles. The van der Waals surface area contributed by atoms with Crippen LogP contribution in [-0.4, -0.2) is 30.1 Å². The number of ether oxygens (including phenoxy) is 1. The largest absolute Gasteiger partial charge is 0.379 e. The van der Waals surface area contributed by atoms with Crippen molar-refractivity contribution in [2.24, 2.45) is 11.8 Å². The summed E-state index contributed by atoms with van der Waals surface area (Å²) in [6.07, 6.45) is 5.53. The summed E-state index contributed by atoms with van der Waals surface area (Å²) in [4.78, 5) is 16.6. The average molecular weight is 338 g/mol. The van der Waals surface area contributed by atoms with Crippen LogP contribution in [0.4, 0.5) is 0 Å². The van der Waals surface area contributed by atoms with Gasteiger partial charge in [0.2, 0.25) is 0 Å². The number of aromatic nitrogens is 1. The smallest absolute Gasteiger partial charge is 0.251 e. The molecule has 1 amide bonds. The van der Waals surface area contributed by atoms with Gasteiger partial charge in [0.05, 0.1) is 19.3 Å². The first-order valence-corrected chi connectivity index (χ1v) is 8.98. The minimum Gasteiger partial charge on any atom is -0.379 e. The molecule has 0 bridgehead atoms.